The van der Waals surface area contributed by atoms with Crippen LogP contribution in [0.4, 0.5) is 9.18 Å². The Morgan fingerprint density at radius 1 is 0.983 bits per heavy atom. The highest BCUT2D eigenvalue weighted by atomic mass is 32.2. The number of furan rings is 1. The van der Waals surface area contributed by atoms with Crippen LogP contribution in [-0.4, -0.2) is 90.9 Å². The molecule has 3 aliphatic carbocycles. The molecule has 4 aromatic rings. The number of aromatic nitrogens is 1. The first-order chi connectivity index (χ1) is 28.9. The lowest BCUT2D eigenvalue weighted by Crippen LogP contribution is -2.58. The van der Waals surface area contributed by atoms with Gasteiger partial charge in [0, 0.05) is 17.7 Å². The molecule has 9 rings (SSSR count). The minimum atomic E-state index is -3.94. The van der Waals surface area contributed by atoms with Crippen LogP contribution in [0.2, 0.25) is 0 Å². The minimum absolute atomic E-state index is 0.0699. The van der Waals surface area contributed by atoms with E-state index in [9.17, 15) is 32.0 Å². The van der Waals surface area contributed by atoms with Crippen molar-refractivity contribution in [3.8, 4) is 11.5 Å². The zero-order valence-corrected chi connectivity index (χ0v) is 34.1. The van der Waals surface area contributed by atoms with Crippen LogP contribution in [0.15, 0.2) is 53.0 Å². The highest BCUT2D eigenvalue weighted by molar-refractivity contribution is 7.91. The number of para-hydroxylation sites is 1. The minimum Gasteiger partial charge on any atom is -0.493 e. The number of carbonyl (C=O) groups is 4. The number of allylic oxidation sites excluding steroid dienone is 1. The molecule has 5 atom stereocenters. The first-order valence-corrected chi connectivity index (χ1v) is 22.5. The van der Waals surface area contributed by atoms with Crippen LogP contribution in [0, 0.1) is 11.7 Å². The second kappa shape index (κ2) is 15.9. The van der Waals surface area contributed by atoms with Crippen molar-refractivity contribution in [2.24, 2.45) is 5.92 Å². The van der Waals surface area contributed by atoms with Crippen molar-refractivity contribution in [1.29, 1.82) is 0 Å². The molecule has 4 fully saturated rings. The third-order valence-electron chi connectivity index (χ3n) is 12.5. The smallest absolute Gasteiger partial charge is 0.408 e. The second-order valence-corrected chi connectivity index (χ2v) is 18.7. The number of pyridine rings is 1. The van der Waals surface area contributed by atoms with Crippen molar-refractivity contribution >= 4 is 66.8 Å². The predicted octanol–water partition coefficient (Wildman–Crippen LogP) is 5.67. The van der Waals surface area contributed by atoms with Crippen molar-refractivity contribution in [1.82, 2.24) is 25.2 Å². The maximum atomic E-state index is 14.9. The van der Waals surface area contributed by atoms with E-state index in [1.165, 1.54) is 30.2 Å². The third-order valence-corrected chi connectivity index (χ3v) is 14.3. The van der Waals surface area contributed by atoms with Crippen LogP contribution in [0.1, 0.15) is 83.5 Å². The molecule has 2 aromatic heterocycles. The normalized spacial score (nSPS) is 27.1. The van der Waals surface area contributed by atoms with E-state index in [4.69, 9.17) is 23.6 Å². The number of amides is 4. The van der Waals surface area contributed by atoms with E-state index >= 15 is 0 Å². The summed E-state index contributed by atoms with van der Waals surface area (Å²) in [6.45, 7) is -0.129. The Morgan fingerprint density at radius 3 is 2.57 bits per heavy atom. The molecule has 0 spiro atoms. The number of rotatable bonds is 8. The molecule has 0 unspecified atom stereocenters. The van der Waals surface area contributed by atoms with Gasteiger partial charge in [-0.3, -0.25) is 19.1 Å². The van der Waals surface area contributed by atoms with Gasteiger partial charge in [0.2, 0.25) is 21.8 Å². The summed E-state index contributed by atoms with van der Waals surface area (Å²) < 4.78 is 67.3. The number of halogens is 1. The Morgan fingerprint density at radius 2 is 1.78 bits per heavy atom. The fraction of sp³-hybridized carbons (Fsp3) is 0.512. The van der Waals surface area contributed by atoms with Gasteiger partial charge in [-0.25, -0.2) is 22.6 Å². The van der Waals surface area contributed by atoms with Gasteiger partial charge in [-0.1, -0.05) is 31.1 Å². The molecule has 1 saturated heterocycles. The largest absolute Gasteiger partial charge is 0.493 e. The Hall–Kier alpha value is -5.45. The predicted molar refractivity (Wildman–Crippen MR) is 217 cm³/mol. The number of benzene rings is 2. The van der Waals surface area contributed by atoms with Crippen molar-refractivity contribution in [2.45, 2.75) is 119 Å². The number of alkyl carbamates (subject to hydrolysis) is 1. The number of ether oxygens (including phenoxy) is 3. The Kier molecular flexibility index (Phi) is 10.6. The van der Waals surface area contributed by atoms with Gasteiger partial charge in [0.25, 0.3) is 5.91 Å². The molecule has 3 saturated carbocycles. The first-order valence-electron chi connectivity index (χ1n) is 20.9. The van der Waals surface area contributed by atoms with Crippen LogP contribution >= 0.6 is 0 Å². The van der Waals surface area contributed by atoms with Gasteiger partial charge in [0.05, 0.1) is 29.8 Å². The molecule has 60 heavy (non-hydrogen) atoms. The maximum absolute atomic E-state index is 14.9. The molecule has 17 heteroatoms. The molecular weight excluding hydrogens is 798 g/mol. The molecule has 2 aliphatic heterocycles. The van der Waals surface area contributed by atoms with Crippen LogP contribution < -0.4 is 24.8 Å². The lowest BCUT2D eigenvalue weighted by molar-refractivity contribution is -0.141. The quantitative estimate of drug-likeness (QED) is 0.185. The van der Waals surface area contributed by atoms with Crippen LogP contribution in [-0.2, 0) is 29.1 Å². The van der Waals surface area contributed by atoms with E-state index in [-0.39, 0.29) is 43.2 Å². The average molecular weight is 846 g/mol. The summed E-state index contributed by atoms with van der Waals surface area (Å²) in [7, 11) is -2.43. The molecule has 318 valence electrons. The molecule has 5 aliphatic rings. The second-order valence-electron chi connectivity index (χ2n) is 16.7. The van der Waals surface area contributed by atoms with Crippen molar-refractivity contribution in [3.63, 3.8) is 0 Å². The zero-order valence-electron chi connectivity index (χ0n) is 33.2. The van der Waals surface area contributed by atoms with E-state index in [1.807, 2.05) is 18.2 Å². The van der Waals surface area contributed by atoms with E-state index in [0.717, 1.165) is 38.5 Å². The topological polar surface area (TPSA) is 195 Å². The van der Waals surface area contributed by atoms with Crippen molar-refractivity contribution in [2.75, 3.05) is 13.7 Å². The summed E-state index contributed by atoms with van der Waals surface area (Å²) in [5, 5.41) is 5.95. The summed E-state index contributed by atoms with van der Waals surface area (Å²) >= 11 is 0. The fourth-order valence-corrected chi connectivity index (χ4v) is 10.4. The van der Waals surface area contributed by atoms with Gasteiger partial charge < -0.3 is 34.2 Å². The summed E-state index contributed by atoms with van der Waals surface area (Å²) in [6.07, 6.45) is 9.35. The number of nitrogens with one attached hydrogen (secondary N) is 3. The zero-order chi connectivity index (χ0) is 41.8. The van der Waals surface area contributed by atoms with Crippen LogP contribution in [0.3, 0.4) is 0 Å². The number of hydrogen-bond acceptors (Lipinski definition) is 11. The number of sulfonamides is 1. The van der Waals surface area contributed by atoms with Crippen molar-refractivity contribution in [3.05, 3.63) is 54.4 Å². The molecular formula is C43H48FN5O10S. The molecule has 4 amide bonds. The molecule has 0 radical (unpaired) electrons. The molecule has 4 heterocycles. The van der Waals surface area contributed by atoms with Crippen LogP contribution in [0.5, 0.6) is 11.5 Å². The highest BCUT2D eigenvalue weighted by Crippen LogP contribution is 2.47. The van der Waals surface area contributed by atoms with Crippen molar-refractivity contribution < 1.29 is 50.6 Å². The van der Waals surface area contributed by atoms with E-state index in [2.05, 4.69) is 15.4 Å². The lowest BCUT2D eigenvalue weighted by Gasteiger charge is -2.30. The number of carbonyl (C=O) groups excluding carboxylic acids is 4. The average Bonchev–Trinajstić information content (AvgIpc) is 4.04. The summed E-state index contributed by atoms with van der Waals surface area (Å²) in [4.78, 5) is 62.7. The lowest BCUT2D eigenvalue weighted by atomic mass is 10.0. The number of fused-ring (bicyclic) bond motifs is 6. The van der Waals surface area contributed by atoms with E-state index in [1.54, 1.807) is 12.1 Å². The summed E-state index contributed by atoms with van der Waals surface area (Å²) in [5.41, 5.74) is -0.105. The van der Waals surface area contributed by atoms with Crippen LogP contribution in [0.25, 0.3) is 33.0 Å². The van der Waals surface area contributed by atoms with Gasteiger partial charge in [0.15, 0.2) is 22.7 Å². The highest BCUT2D eigenvalue weighted by Gasteiger charge is 2.62. The SMILES string of the molecule is COc1cccc2c1oc1c(O[C@@H]3C[C@H]4C(=O)N[C@]5(C(=O)NS(=O)(=O)C6CC6)C[C@H]5/C=C\CCCCC[C@H](NC(=O)OC5CCCC5)C(=O)N4C3)c3cc(F)ccc3nc12. The Bertz CT molecular complexity index is 2520. The molecule has 15 nitrogen and oxygen atoms in total. The van der Waals surface area contributed by atoms with E-state index < -0.39 is 74.5 Å². The number of nitrogens with zero attached hydrogens (tertiary/aromatic N) is 2. The summed E-state index contributed by atoms with van der Waals surface area (Å²) in [5.74, 6) is -2.48. The number of hydrogen-bond donors (Lipinski definition) is 3. The van der Waals surface area contributed by atoms with Gasteiger partial charge in [-0.2, -0.15) is 0 Å². The van der Waals surface area contributed by atoms with Gasteiger partial charge >= 0.3 is 6.09 Å². The monoisotopic (exact) mass is 845 g/mol. The van der Waals surface area contributed by atoms with Gasteiger partial charge in [-0.05, 0) is 94.5 Å². The summed E-state index contributed by atoms with van der Waals surface area (Å²) in [6, 6.07) is 7.18. The standard InChI is InChI=1S/C43H48FN5O10S/c1-56-34-15-9-13-29-35-38(59-36(29)34)37(30-20-25(44)16-19-31(30)45-35)57-27-21-33-39(50)47-43(41(52)48-60(54,55)28-17-18-28)22-24(43)10-5-3-2-4-6-14-32(40(51)49(33)23-27)46-42(53)58-26-11-7-8-12-26/h5,9-10,13,15-16,19-20,24,26-28,32-33H,2-4,6-8,11-12,14,17-18,21-23H2,1H3,(H,46,53)(H,47,50)(H,48,52)/b10-5-/t24-,27-,32+,33+,43-/m1/s1. The van der Waals surface area contributed by atoms with Gasteiger partial charge in [0.1, 0.15) is 41.2 Å². The fourth-order valence-electron chi connectivity index (χ4n) is 9.00. The Balaban J connectivity index is 1.08. The maximum Gasteiger partial charge on any atom is 0.408 e. The first kappa shape index (κ1) is 40.0. The van der Waals surface area contributed by atoms with E-state index in [0.29, 0.717) is 58.8 Å². The third kappa shape index (κ3) is 7.71. The van der Waals surface area contributed by atoms with Gasteiger partial charge in [-0.15, -0.1) is 0 Å². The Labute approximate surface area is 345 Å². The number of methoxy groups -OCH3 is 1. The molecule has 3 N–H and O–H groups in total. The molecule has 0 bridgehead atoms. The molecule has 2 aromatic carbocycles.